The average molecular weight is 420 g/mol. The Balaban J connectivity index is 0.00000182. The van der Waals surface area contributed by atoms with Gasteiger partial charge in [0, 0.05) is 44.3 Å². The fraction of sp³-hybridized carbons (Fsp3) is 0.632. The molecule has 0 aliphatic carbocycles. The number of hydrogen-bond donors (Lipinski definition) is 2. The van der Waals surface area contributed by atoms with Crippen LogP contribution in [0.4, 0.5) is 5.69 Å². The molecule has 3 unspecified atom stereocenters. The molecule has 2 N–H and O–H groups in total. The van der Waals surface area contributed by atoms with Crippen LogP contribution in [0.2, 0.25) is 0 Å². The van der Waals surface area contributed by atoms with Gasteiger partial charge in [0.15, 0.2) is 0 Å². The van der Waals surface area contributed by atoms with Crippen molar-refractivity contribution in [2.24, 2.45) is 0 Å². The highest BCUT2D eigenvalue weighted by molar-refractivity contribution is 5.91. The fourth-order valence-electron chi connectivity index (χ4n) is 3.61. The Labute approximate surface area is 174 Å². The SMILES string of the molecule is CC1CN(Cc2ccccc2NC(=O)CC2COCCN2)CC(C)O1.Cl.Cl. The van der Waals surface area contributed by atoms with Crippen molar-refractivity contribution >= 4 is 36.4 Å². The third-order valence-electron chi connectivity index (χ3n) is 4.61. The topological polar surface area (TPSA) is 62.8 Å². The molecule has 2 heterocycles. The van der Waals surface area contributed by atoms with Crippen molar-refractivity contribution in [2.45, 2.75) is 45.1 Å². The van der Waals surface area contributed by atoms with Gasteiger partial charge in [-0.2, -0.15) is 0 Å². The maximum Gasteiger partial charge on any atom is 0.226 e. The van der Waals surface area contributed by atoms with Crippen LogP contribution in [-0.4, -0.2) is 61.9 Å². The predicted molar refractivity (Wildman–Crippen MR) is 112 cm³/mol. The largest absolute Gasteiger partial charge is 0.378 e. The number of benzene rings is 1. The molecule has 27 heavy (non-hydrogen) atoms. The van der Waals surface area contributed by atoms with Crippen LogP contribution in [0.5, 0.6) is 0 Å². The van der Waals surface area contributed by atoms with E-state index in [0.29, 0.717) is 13.0 Å². The number of anilines is 1. The second kappa shape index (κ2) is 11.8. The van der Waals surface area contributed by atoms with Crippen molar-refractivity contribution in [3.05, 3.63) is 29.8 Å². The molecular weight excluding hydrogens is 389 g/mol. The van der Waals surface area contributed by atoms with Gasteiger partial charge in [0.2, 0.25) is 5.91 Å². The monoisotopic (exact) mass is 419 g/mol. The van der Waals surface area contributed by atoms with E-state index in [1.165, 1.54) is 0 Å². The molecule has 154 valence electrons. The van der Waals surface area contributed by atoms with E-state index in [1.807, 2.05) is 18.2 Å². The van der Waals surface area contributed by atoms with Gasteiger partial charge in [-0.25, -0.2) is 0 Å². The van der Waals surface area contributed by atoms with Gasteiger partial charge in [0.1, 0.15) is 0 Å². The summed E-state index contributed by atoms with van der Waals surface area (Å²) in [6.45, 7) is 8.98. The minimum absolute atomic E-state index is 0. The smallest absolute Gasteiger partial charge is 0.226 e. The van der Waals surface area contributed by atoms with Crippen LogP contribution < -0.4 is 10.6 Å². The molecule has 0 aromatic heterocycles. The Morgan fingerprint density at radius 1 is 1.22 bits per heavy atom. The standard InChI is InChI=1S/C19H29N3O3.2ClH/c1-14-10-22(11-15(2)25-14)12-16-5-3-4-6-18(16)21-19(23)9-17-13-24-8-7-20-17;;/h3-6,14-15,17,20H,7-13H2,1-2H3,(H,21,23);2*1H. The first-order valence-electron chi connectivity index (χ1n) is 9.17. The number of carbonyl (C=O) groups is 1. The van der Waals surface area contributed by atoms with E-state index >= 15 is 0 Å². The molecule has 0 saturated carbocycles. The summed E-state index contributed by atoms with van der Waals surface area (Å²) in [5.74, 6) is 0.0270. The molecule has 0 bridgehead atoms. The van der Waals surface area contributed by atoms with Gasteiger partial charge in [-0.1, -0.05) is 18.2 Å². The summed E-state index contributed by atoms with van der Waals surface area (Å²) < 4.78 is 11.2. The molecule has 0 radical (unpaired) electrons. The Morgan fingerprint density at radius 2 is 1.93 bits per heavy atom. The molecule has 2 saturated heterocycles. The minimum atomic E-state index is 0. The molecule has 2 aliphatic rings. The van der Waals surface area contributed by atoms with E-state index < -0.39 is 0 Å². The maximum atomic E-state index is 12.4. The quantitative estimate of drug-likeness (QED) is 0.767. The van der Waals surface area contributed by atoms with Crippen LogP contribution in [-0.2, 0) is 20.8 Å². The van der Waals surface area contributed by atoms with E-state index in [2.05, 4.69) is 35.4 Å². The summed E-state index contributed by atoms with van der Waals surface area (Å²) in [6, 6.07) is 8.15. The van der Waals surface area contributed by atoms with Crippen LogP contribution in [0, 0.1) is 0 Å². The number of nitrogens with one attached hydrogen (secondary N) is 2. The van der Waals surface area contributed by atoms with Crippen LogP contribution >= 0.6 is 24.8 Å². The lowest BCUT2D eigenvalue weighted by Gasteiger charge is -2.35. The van der Waals surface area contributed by atoms with E-state index in [9.17, 15) is 4.79 Å². The number of ether oxygens (including phenoxy) is 2. The first-order chi connectivity index (χ1) is 12.1. The highest BCUT2D eigenvalue weighted by atomic mass is 35.5. The lowest BCUT2D eigenvalue weighted by Crippen LogP contribution is -2.45. The third-order valence-corrected chi connectivity index (χ3v) is 4.61. The summed E-state index contributed by atoms with van der Waals surface area (Å²) in [5, 5.41) is 6.40. The summed E-state index contributed by atoms with van der Waals surface area (Å²) >= 11 is 0. The van der Waals surface area contributed by atoms with Crippen LogP contribution in [0.3, 0.4) is 0 Å². The van der Waals surface area contributed by atoms with Crippen LogP contribution in [0.15, 0.2) is 24.3 Å². The molecule has 3 atom stereocenters. The van der Waals surface area contributed by atoms with Gasteiger partial charge in [0.25, 0.3) is 0 Å². The number of morpholine rings is 2. The van der Waals surface area contributed by atoms with E-state index in [-0.39, 0.29) is 49.0 Å². The van der Waals surface area contributed by atoms with Gasteiger partial charge in [0.05, 0.1) is 25.4 Å². The number of rotatable bonds is 5. The molecule has 1 amide bonds. The highest BCUT2D eigenvalue weighted by Gasteiger charge is 2.23. The first-order valence-corrected chi connectivity index (χ1v) is 9.17. The molecular formula is C19H31Cl2N3O3. The molecule has 1 aromatic rings. The number of nitrogens with zero attached hydrogens (tertiary/aromatic N) is 1. The zero-order valence-corrected chi connectivity index (χ0v) is 17.6. The molecule has 2 fully saturated rings. The van der Waals surface area contributed by atoms with Crippen LogP contribution in [0.1, 0.15) is 25.8 Å². The summed E-state index contributed by atoms with van der Waals surface area (Å²) in [5.41, 5.74) is 2.04. The maximum absolute atomic E-state index is 12.4. The number of para-hydroxylation sites is 1. The second-order valence-corrected chi connectivity index (χ2v) is 7.09. The Hall–Kier alpha value is -0.890. The lowest BCUT2D eigenvalue weighted by molar-refractivity contribution is -0.117. The van der Waals surface area contributed by atoms with Gasteiger partial charge >= 0.3 is 0 Å². The van der Waals surface area contributed by atoms with E-state index in [0.717, 1.165) is 44.0 Å². The third kappa shape index (κ3) is 7.56. The Kier molecular flexibility index (Phi) is 10.6. The number of hydrogen-bond acceptors (Lipinski definition) is 5. The summed E-state index contributed by atoms with van der Waals surface area (Å²) in [7, 11) is 0. The van der Waals surface area contributed by atoms with Gasteiger partial charge < -0.3 is 20.1 Å². The van der Waals surface area contributed by atoms with Gasteiger partial charge in [-0.05, 0) is 25.5 Å². The van der Waals surface area contributed by atoms with Gasteiger partial charge in [-0.3, -0.25) is 9.69 Å². The van der Waals surface area contributed by atoms with Crippen molar-refractivity contribution in [3.8, 4) is 0 Å². The molecule has 2 aliphatic heterocycles. The lowest BCUT2D eigenvalue weighted by atomic mass is 10.1. The number of amides is 1. The normalized spacial score (nSPS) is 25.8. The van der Waals surface area contributed by atoms with E-state index in [4.69, 9.17) is 9.47 Å². The highest BCUT2D eigenvalue weighted by Crippen LogP contribution is 2.20. The van der Waals surface area contributed by atoms with Crippen molar-refractivity contribution in [2.75, 3.05) is 38.2 Å². The zero-order valence-electron chi connectivity index (χ0n) is 16.0. The Bertz CT molecular complexity index is 575. The van der Waals surface area contributed by atoms with Crippen molar-refractivity contribution < 1.29 is 14.3 Å². The van der Waals surface area contributed by atoms with Crippen molar-refractivity contribution in [1.82, 2.24) is 10.2 Å². The number of carbonyl (C=O) groups excluding carboxylic acids is 1. The molecule has 6 nitrogen and oxygen atoms in total. The van der Waals surface area contributed by atoms with Crippen molar-refractivity contribution in [3.63, 3.8) is 0 Å². The summed E-state index contributed by atoms with van der Waals surface area (Å²) in [4.78, 5) is 14.8. The van der Waals surface area contributed by atoms with Gasteiger partial charge in [-0.15, -0.1) is 24.8 Å². The first kappa shape index (κ1) is 24.1. The zero-order chi connectivity index (χ0) is 17.6. The van der Waals surface area contributed by atoms with E-state index in [1.54, 1.807) is 0 Å². The molecule has 8 heteroatoms. The molecule has 3 rings (SSSR count). The fourth-order valence-corrected chi connectivity index (χ4v) is 3.61. The second-order valence-electron chi connectivity index (χ2n) is 7.09. The predicted octanol–water partition coefficient (Wildman–Crippen LogP) is 2.46. The van der Waals surface area contributed by atoms with Crippen molar-refractivity contribution in [1.29, 1.82) is 0 Å². The minimum Gasteiger partial charge on any atom is -0.378 e. The summed E-state index contributed by atoms with van der Waals surface area (Å²) in [6.07, 6.45) is 0.908. The Morgan fingerprint density at radius 3 is 2.59 bits per heavy atom. The number of halogens is 2. The molecule has 0 spiro atoms. The average Bonchev–Trinajstić information content (AvgIpc) is 2.56. The molecule has 1 aromatic carbocycles. The van der Waals surface area contributed by atoms with Crippen LogP contribution in [0.25, 0.3) is 0 Å².